The zero-order chi connectivity index (χ0) is 8.27. The van der Waals surface area contributed by atoms with Gasteiger partial charge in [-0.25, -0.2) is 0 Å². The van der Waals surface area contributed by atoms with E-state index in [1.807, 2.05) is 0 Å². The van der Waals surface area contributed by atoms with E-state index in [1.54, 1.807) is 0 Å². The van der Waals surface area contributed by atoms with E-state index in [2.05, 4.69) is 24.5 Å². The maximum atomic E-state index is 11.2. The number of carbonyl (C=O) groups excluding carboxylic acids is 1. The molecule has 1 saturated heterocycles. The van der Waals surface area contributed by atoms with Gasteiger partial charge in [-0.05, 0) is 12.8 Å². The Balaban J connectivity index is 2.56. The van der Waals surface area contributed by atoms with Crippen molar-refractivity contribution in [1.29, 1.82) is 0 Å². The van der Waals surface area contributed by atoms with Gasteiger partial charge >= 0.3 is 0 Å². The highest BCUT2D eigenvalue weighted by Gasteiger charge is 2.28. The van der Waals surface area contributed by atoms with Crippen LogP contribution in [0.3, 0.4) is 0 Å². The fraction of sp³-hybridized carbons (Fsp3) is 0.875. The lowest BCUT2D eigenvalue weighted by Gasteiger charge is -2.30. The quantitative estimate of drug-likeness (QED) is 0.610. The van der Waals surface area contributed by atoms with Crippen LogP contribution >= 0.6 is 0 Å². The third-order valence-corrected chi connectivity index (χ3v) is 2.33. The topological polar surface area (TPSA) is 41.1 Å². The molecule has 0 spiro atoms. The summed E-state index contributed by atoms with van der Waals surface area (Å²) in [6.45, 7) is 4.80. The highest BCUT2D eigenvalue weighted by molar-refractivity contribution is 5.80. The first-order chi connectivity index (χ1) is 5.29. The van der Waals surface area contributed by atoms with E-state index in [9.17, 15) is 4.79 Å². The molecular formula is C8H16N2O. The molecule has 1 amide bonds. The van der Waals surface area contributed by atoms with Gasteiger partial charge in [0.05, 0.1) is 12.6 Å². The highest BCUT2D eigenvalue weighted by Crippen LogP contribution is 2.14. The molecule has 1 fully saturated rings. The van der Waals surface area contributed by atoms with Crippen molar-refractivity contribution in [3.63, 3.8) is 0 Å². The van der Waals surface area contributed by atoms with Gasteiger partial charge in [-0.3, -0.25) is 10.1 Å². The summed E-state index contributed by atoms with van der Waals surface area (Å²) in [5, 5.41) is 6.07. The van der Waals surface area contributed by atoms with Gasteiger partial charge in [-0.15, -0.1) is 0 Å². The van der Waals surface area contributed by atoms with Crippen LogP contribution in [0.25, 0.3) is 0 Å². The summed E-state index contributed by atoms with van der Waals surface area (Å²) in [5.74, 6) is 0.381. The van der Waals surface area contributed by atoms with Crippen molar-refractivity contribution in [3.05, 3.63) is 0 Å². The minimum absolute atomic E-state index is 0.175. The summed E-state index contributed by atoms with van der Waals surface area (Å²) in [4.78, 5) is 11.2. The summed E-state index contributed by atoms with van der Waals surface area (Å²) in [5.41, 5.74) is 0. The molecule has 0 saturated carbocycles. The smallest absolute Gasteiger partial charge is 0.225 e. The minimum atomic E-state index is 0.175. The number of nitrogens with one attached hydrogen (secondary N) is 2. The third kappa shape index (κ3) is 1.71. The van der Waals surface area contributed by atoms with Gasteiger partial charge in [0.15, 0.2) is 0 Å². The van der Waals surface area contributed by atoms with Crippen LogP contribution in [0.1, 0.15) is 26.7 Å². The first-order valence-electron chi connectivity index (χ1n) is 4.30. The predicted octanol–water partition coefficient (Wildman–Crippen LogP) is 0.468. The zero-order valence-electron chi connectivity index (χ0n) is 7.18. The van der Waals surface area contributed by atoms with Gasteiger partial charge < -0.3 is 5.32 Å². The van der Waals surface area contributed by atoms with Crippen LogP contribution in [0.4, 0.5) is 0 Å². The third-order valence-electron chi connectivity index (χ3n) is 2.33. The molecule has 0 aromatic carbocycles. The number of rotatable bonds is 2. The largest absolute Gasteiger partial charge is 0.343 e. The lowest BCUT2D eigenvalue weighted by Crippen LogP contribution is -2.54. The van der Waals surface area contributed by atoms with Gasteiger partial charge in [-0.1, -0.05) is 13.8 Å². The average Bonchev–Trinajstić information content (AvgIpc) is 2.04. The Hall–Kier alpha value is -0.570. The van der Waals surface area contributed by atoms with Crippen molar-refractivity contribution in [2.45, 2.75) is 32.7 Å². The second-order valence-corrected chi connectivity index (χ2v) is 2.95. The molecule has 0 aliphatic carbocycles. The monoisotopic (exact) mass is 156 g/mol. The number of carbonyl (C=O) groups is 1. The molecule has 1 aliphatic rings. The summed E-state index contributed by atoms with van der Waals surface area (Å²) >= 11 is 0. The minimum Gasteiger partial charge on any atom is -0.343 e. The molecular weight excluding hydrogens is 140 g/mol. The van der Waals surface area contributed by atoms with E-state index in [4.69, 9.17) is 0 Å². The van der Waals surface area contributed by atoms with Crippen molar-refractivity contribution in [2.24, 2.45) is 5.92 Å². The SMILES string of the molecule is CCC1NCNC(=O)C1CC. The molecule has 2 atom stereocenters. The van der Waals surface area contributed by atoms with Crippen LogP contribution in [-0.2, 0) is 4.79 Å². The maximum absolute atomic E-state index is 11.2. The molecule has 0 aromatic rings. The van der Waals surface area contributed by atoms with E-state index >= 15 is 0 Å². The van der Waals surface area contributed by atoms with Gasteiger partial charge in [0, 0.05) is 6.04 Å². The second kappa shape index (κ2) is 3.72. The molecule has 0 aromatic heterocycles. The molecule has 3 nitrogen and oxygen atoms in total. The number of amides is 1. The van der Waals surface area contributed by atoms with Crippen LogP contribution in [0.15, 0.2) is 0 Å². The normalized spacial score (nSPS) is 31.6. The number of hydrogen-bond acceptors (Lipinski definition) is 2. The molecule has 64 valence electrons. The summed E-state index contributed by atoms with van der Waals surface area (Å²) in [6.07, 6.45) is 1.96. The maximum Gasteiger partial charge on any atom is 0.225 e. The summed E-state index contributed by atoms with van der Waals surface area (Å²) < 4.78 is 0. The molecule has 0 bridgehead atoms. The lowest BCUT2D eigenvalue weighted by molar-refractivity contribution is -0.128. The van der Waals surface area contributed by atoms with Crippen molar-refractivity contribution >= 4 is 5.91 Å². The molecule has 1 aliphatic heterocycles. The molecule has 2 N–H and O–H groups in total. The van der Waals surface area contributed by atoms with Gasteiger partial charge in [-0.2, -0.15) is 0 Å². The molecule has 1 heterocycles. The van der Waals surface area contributed by atoms with E-state index in [1.165, 1.54) is 0 Å². The first kappa shape index (κ1) is 8.53. The first-order valence-corrected chi connectivity index (χ1v) is 4.30. The average molecular weight is 156 g/mol. The molecule has 0 radical (unpaired) electrons. The van der Waals surface area contributed by atoms with Crippen molar-refractivity contribution in [2.75, 3.05) is 6.67 Å². The Bertz CT molecular complexity index is 147. The Morgan fingerprint density at radius 2 is 2.18 bits per heavy atom. The fourth-order valence-corrected chi connectivity index (χ4v) is 1.62. The molecule has 11 heavy (non-hydrogen) atoms. The Kier molecular flexibility index (Phi) is 2.88. The van der Waals surface area contributed by atoms with Crippen LogP contribution < -0.4 is 10.6 Å². The van der Waals surface area contributed by atoms with Crippen LogP contribution in [0, 0.1) is 5.92 Å². The highest BCUT2D eigenvalue weighted by atomic mass is 16.2. The lowest BCUT2D eigenvalue weighted by atomic mass is 9.93. The fourth-order valence-electron chi connectivity index (χ4n) is 1.62. The predicted molar refractivity (Wildman–Crippen MR) is 44.0 cm³/mol. The van der Waals surface area contributed by atoms with Gasteiger partial charge in [0.1, 0.15) is 0 Å². The van der Waals surface area contributed by atoms with Crippen molar-refractivity contribution < 1.29 is 4.79 Å². The van der Waals surface area contributed by atoms with Crippen LogP contribution in [0.2, 0.25) is 0 Å². The van der Waals surface area contributed by atoms with Crippen LogP contribution in [0.5, 0.6) is 0 Å². The Morgan fingerprint density at radius 1 is 1.45 bits per heavy atom. The number of hydrogen-bond donors (Lipinski definition) is 2. The summed E-state index contributed by atoms with van der Waals surface area (Å²) in [6, 6.07) is 0.383. The second-order valence-electron chi connectivity index (χ2n) is 2.95. The summed E-state index contributed by atoms with van der Waals surface area (Å²) in [7, 11) is 0. The molecule has 1 rings (SSSR count). The van der Waals surface area contributed by atoms with E-state index in [-0.39, 0.29) is 11.8 Å². The van der Waals surface area contributed by atoms with Crippen LogP contribution in [-0.4, -0.2) is 18.6 Å². The Morgan fingerprint density at radius 3 is 2.64 bits per heavy atom. The van der Waals surface area contributed by atoms with E-state index in [0.29, 0.717) is 12.7 Å². The van der Waals surface area contributed by atoms with Gasteiger partial charge in [0.2, 0.25) is 5.91 Å². The van der Waals surface area contributed by atoms with E-state index in [0.717, 1.165) is 12.8 Å². The van der Waals surface area contributed by atoms with Gasteiger partial charge in [0.25, 0.3) is 0 Å². The standard InChI is InChI=1S/C8H16N2O/c1-3-6-7(4-2)9-5-10-8(6)11/h6-7,9H,3-5H2,1-2H3,(H,10,11). The zero-order valence-corrected chi connectivity index (χ0v) is 7.18. The molecule has 2 unspecified atom stereocenters. The van der Waals surface area contributed by atoms with Crippen molar-refractivity contribution in [3.8, 4) is 0 Å². The van der Waals surface area contributed by atoms with Crippen molar-refractivity contribution in [1.82, 2.24) is 10.6 Å². The van der Waals surface area contributed by atoms with E-state index < -0.39 is 0 Å². The molecule has 3 heteroatoms. The Labute approximate surface area is 67.5 Å².